The van der Waals surface area contributed by atoms with Gasteiger partial charge in [0.05, 0.1) is 0 Å². The summed E-state index contributed by atoms with van der Waals surface area (Å²) in [5.74, 6) is 0.382. The summed E-state index contributed by atoms with van der Waals surface area (Å²) >= 11 is 5.82. The first-order valence-corrected chi connectivity index (χ1v) is 9.08. The fourth-order valence-corrected chi connectivity index (χ4v) is 2.73. The zero-order valence-electron chi connectivity index (χ0n) is 15.0. The van der Waals surface area contributed by atoms with E-state index in [1.54, 1.807) is 24.3 Å². The zero-order valence-corrected chi connectivity index (χ0v) is 15.7. The number of benzene rings is 3. The first-order chi connectivity index (χ1) is 13.1. The number of hydrogen-bond acceptors (Lipinski definition) is 3. The van der Waals surface area contributed by atoms with Gasteiger partial charge >= 0.3 is 0 Å². The standard InChI is InChI=1S/C22H21ClN2O2/c1-16(17-5-3-2-4-6-17)24-19-9-11-20(12-10-19)25-22(26)15-27-21-13-7-18(23)8-14-21/h2-14,16,24H,15H2,1H3,(H,25,26). The van der Waals surface area contributed by atoms with Crippen molar-refractivity contribution in [2.75, 3.05) is 17.2 Å². The van der Waals surface area contributed by atoms with Gasteiger partial charge in [-0.1, -0.05) is 41.9 Å². The Labute approximate surface area is 164 Å². The molecule has 0 spiro atoms. The van der Waals surface area contributed by atoms with Crippen LogP contribution in [0.25, 0.3) is 0 Å². The van der Waals surface area contributed by atoms with Crippen LogP contribution in [0.1, 0.15) is 18.5 Å². The number of amides is 1. The third-order valence-corrected chi connectivity index (χ3v) is 4.29. The fraction of sp³-hybridized carbons (Fsp3) is 0.136. The third-order valence-electron chi connectivity index (χ3n) is 4.03. The Morgan fingerprint density at radius 2 is 1.56 bits per heavy atom. The topological polar surface area (TPSA) is 50.4 Å². The van der Waals surface area contributed by atoms with Gasteiger partial charge in [0, 0.05) is 22.4 Å². The van der Waals surface area contributed by atoms with Crippen molar-refractivity contribution in [3.05, 3.63) is 89.4 Å². The molecule has 4 nitrogen and oxygen atoms in total. The highest BCUT2D eigenvalue weighted by atomic mass is 35.5. The van der Waals surface area contributed by atoms with Gasteiger partial charge in [-0.2, -0.15) is 0 Å². The van der Waals surface area contributed by atoms with Crippen LogP contribution in [0.3, 0.4) is 0 Å². The fourth-order valence-electron chi connectivity index (χ4n) is 2.60. The molecule has 0 heterocycles. The maximum atomic E-state index is 12.0. The first-order valence-electron chi connectivity index (χ1n) is 8.70. The molecule has 0 aliphatic heterocycles. The highest BCUT2D eigenvalue weighted by Gasteiger charge is 2.06. The smallest absolute Gasteiger partial charge is 0.262 e. The average Bonchev–Trinajstić information content (AvgIpc) is 2.70. The molecule has 27 heavy (non-hydrogen) atoms. The van der Waals surface area contributed by atoms with Gasteiger partial charge in [-0.15, -0.1) is 0 Å². The molecule has 3 aromatic carbocycles. The summed E-state index contributed by atoms with van der Waals surface area (Å²) in [7, 11) is 0. The molecule has 0 saturated heterocycles. The van der Waals surface area contributed by atoms with E-state index in [1.807, 2.05) is 42.5 Å². The van der Waals surface area contributed by atoms with Crippen LogP contribution in [0.5, 0.6) is 5.75 Å². The van der Waals surface area contributed by atoms with Gasteiger partial charge in [-0.25, -0.2) is 0 Å². The van der Waals surface area contributed by atoms with Crippen molar-refractivity contribution in [1.82, 2.24) is 0 Å². The molecule has 0 aliphatic rings. The summed E-state index contributed by atoms with van der Waals surface area (Å²) in [5, 5.41) is 6.89. The minimum atomic E-state index is -0.219. The largest absolute Gasteiger partial charge is 0.484 e. The molecule has 0 radical (unpaired) electrons. The number of carbonyl (C=O) groups is 1. The Hall–Kier alpha value is -2.98. The minimum absolute atomic E-state index is 0.0628. The Morgan fingerprint density at radius 1 is 0.926 bits per heavy atom. The lowest BCUT2D eigenvalue weighted by Crippen LogP contribution is -2.20. The molecule has 0 aromatic heterocycles. The highest BCUT2D eigenvalue weighted by Crippen LogP contribution is 2.21. The molecular weight excluding hydrogens is 360 g/mol. The lowest BCUT2D eigenvalue weighted by Gasteiger charge is -2.16. The maximum absolute atomic E-state index is 12.0. The molecule has 3 aromatic rings. The highest BCUT2D eigenvalue weighted by molar-refractivity contribution is 6.30. The van der Waals surface area contributed by atoms with E-state index < -0.39 is 0 Å². The summed E-state index contributed by atoms with van der Waals surface area (Å²) in [4.78, 5) is 12.0. The number of nitrogens with one attached hydrogen (secondary N) is 2. The van der Waals surface area contributed by atoms with E-state index in [-0.39, 0.29) is 18.6 Å². The van der Waals surface area contributed by atoms with E-state index in [0.29, 0.717) is 10.8 Å². The summed E-state index contributed by atoms with van der Waals surface area (Å²) in [5.41, 5.74) is 2.92. The van der Waals surface area contributed by atoms with E-state index in [0.717, 1.165) is 11.4 Å². The van der Waals surface area contributed by atoms with Crippen molar-refractivity contribution in [1.29, 1.82) is 0 Å². The van der Waals surface area contributed by atoms with Crippen LogP contribution in [0.2, 0.25) is 5.02 Å². The monoisotopic (exact) mass is 380 g/mol. The van der Waals surface area contributed by atoms with Gasteiger partial charge in [0.25, 0.3) is 5.91 Å². The van der Waals surface area contributed by atoms with E-state index in [2.05, 4.69) is 29.7 Å². The summed E-state index contributed by atoms with van der Waals surface area (Å²) in [6.45, 7) is 2.05. The van der Waals surface area contributed by atoms with Crippen LogP contribution >= 0.6 is 11.6 Å². The van der Waals surface area contributed by atoms with Crippen LogP contribution in [-0.2, 0) is 4.79 Å². The van der Waals surface area contributed by atoms with Crippen molar-refractivity contribution in [3.8, 4) is 5.75 Å². The second-order valence-corrected chi connectivity index (χ2v) is 6.58. The second kappa shape index (κ2) is 9.10. The average molecular weight is 381 g/mol. The Morgan fingerprint density at radius 3 is 2.22 bits per heavy atom. The Kier molecular flexibility index (Phi) is 6.34. The Balaban J connectivity index is 1.49. The van der Waals surface area contributed by atoms with Crippen LogP contribution < -0.4 is 15.4 Å². The van der Waals surface area contributed by atoms with E-state index in [9.17, 15) is 4.79 Å². The maximum Gasteiger partial charge on any atom is 0.262 e. The van der Waals surface area contributed by atoms with Crippen LogP contribution in [0, 0.1) is 0 Å². The molecule has 0 bridgehead atoms. The molecule has 1 unspecified atom stereocenters. The molecule has 2 N–H and O–H groups in total. The molecule has 0 saturated carbocycles. The van der Waals surface area contributed by atoms with Gasteiger partial charge in [0.1, 0.15) is 5.75 Å². The number of hydrogen-bond donors (Lipinski definition) is 2. The summed E-state index contributed by atoms with van der Waals surface area (Å²) in [6, 6.07) is 24.9. The second-order valence-electron chi connectivity index (χ2n) is 6.14. The Bertz CT molecular complexity index is 865. The lowest BCUT2D eigenvalue weighted by molar-refractivity contribution is -0.118. The summed E-state index contributed by atoms with van der Waals surface area (Å²) < 4.78 is 5.44. The van der Waals surface area contributed by atoms with Crippen molar-refractivity contribution in [3.63, 3.8) is 0 Å². The number of ether oxygens (including phenoxy) is 1. The van der Waals surface area contributed by atoms with Crippen molar-refractivity contribution < 1.29 is 9.53 Å². The lowest BCUT2D eigenvalue weighted by atomic mass is 10.1. The molecule has 138 valence electrons. The van der Waals surface area contributed by atoms with Crippen LogP contribution in [-0.4, -0.2) is 12.5 Å². The quantitative estimate of drug-likeness (QED) is 0.566. The SMILES string of the molecule is CC(Nc1ccc(NC(=O)COc2ccc(Cl)cc2)cc1)c1ccccc1. The number of carbonyl (C=O) groups excluding carboxylic acids is 1. The van der Waals surface area contributed by atoms with Gasteiger partial charge in [-0.3, -0.25) is 4.79 Å². The number of anilines is 2. The molecule has 3 rings (SSSR count). The minimum Gasteiger partial charge on any atom is -0.484 e. The van der Waals surface area contributed by atoms with Crippen LogP contribution in [0.4, 0.5) is 11.4 Å². The van der Waals surface area contributed by atoms with E-state index in [4.69, 9.17) is 16.3 Å². The molecule has 0 aliphatic carbocycles. The van der Waals surface area contributed by atoms with Gasteiger partial charge < -0.3 is 15.4 Å². The van der Waals surface area contributed by atoms with Gasteiger partial charge in [0.2, 0.25) is 0 Å². The predicted molar refractivity (Wildman–Crippen MR) is 110 cm³/mol. The molecule has 1 amide bonds. The zero-order chi connectivity index (χ0) is 19.1. The van der Waals surface area contributed by atoms with Gasteiger partial charge in [0.15, 0.2) is 6.61 Å². The molecule has 0 fully saturated rings. The van der Waals surface area contributed by atoms with Crippen molar-refractivity contribution >= 4 is 28.9 Å². The number of halogens is 1. The van der Waals surface area contributed by atoms with Crippen LogP contribution in [0.15, 0.2) is 78.9 Å². The molecule has 5 heteroatoms. The number of rotatable bonds is 7. The van der Waals surface area contributed by atoms with Gasteiger partial charge in [-0.05, 0) is 61.0 Å². The predicted octanol–water partition coefficient (Wildman–Crippen LogP) is 5.53. The molecule has 1 atom stereocenters. The third kappa shape index (κ3) is 5.76. The first kappa shape index (κ1) is 18.8. The van der Waals surface area contributed by atoms with E-state index in [1.165, 1.54) is 5.56 Å². The molecular formula is C22H21ClN2O2. The van der Waals surface area contributed by atoms with Crippen molar-refractivity contribution in [2.45, 2.75) is 13.0 Å². The van der Waals surface area contributed by atoms with Crippen molar-refractivity contribution in [2.24, 2.45) is 0 Å². The summed E-state index contributed by atoms with van der Waals surface area (Å²) in [6.07, 6.45) is 0. The normalized spacial score (nSPS) is 11.5. The van der Waals surface area contributed by atoms with E-state index >= 15 is 0 Å².